The van der Waals surface area contributed by atoms with Crippen LogP contribution in [0.5, 0.6) is 5.75 Å². The topological polar surface area (TPSA) is 105 Å². The summed E-state index contributed by atoms with van der Waals surface area (Å²) in [6, 6.07) is 7.31. The highest BCUT2D eigenvalue weighted by molar-refractivity contribution is 6.32. The quantitative estimate of drug-likeness (QED) is 0.556. The highest BCUT2D eigenvalue weighted by atomic mass is 35.5. The van der Waals surface area contributed by atoms with Crippen molar-refractivity contribution < 1.29 is 9.90 Å². The molecule has 1 aliphatic heterocycles. The number of aromatic nitrogens is 4. The Bertz CT molecular complexity index is 1090. The zero-order valence-corrected chi connectivity index (χ0v) is 16.5. The van der Waals surface area contributed by atoms with Gasteiger partial charge in [-0.15, -0.1) is 10.2 Å². The number of benzene rings is 1. The van der Waals surface area contributed by atoms with E-state index < -0.39 is 5.54 Å². The molecule has 1 aromatic carbocycles. The molecule has 0 unspecified atom stereocenters. The fourth-order valence-electron chi connectivity index (χ4n) is 4.13. The zero-order chi connectivity index (χ0) is 20.0. The number of fused-ring (bicyclic) bond motifs is 1. The number of para-hydroxylation sites is 1. The minimum atomic E-state index is -0.452. The minimum absolute atomic E-state index is 0.0164. The second kappa shape index (κ2) is 6.96. The first-order chi connectivity index (χ1) is 14.1. The molecule has 5 rings (SSSR count). The van der Waals surface area contributed by atoms with Crippen LogP contribution in [0.25, 0.3) is 22.3 Å². The van der Waals surface area contributed by atoms with Gasteiger partial charge in [0.05, 0.1) is 27.8 Å². The molecule has 0 radical (unpaired) electrons. The molecule has 0 spiro atoms. The maximum atomic E-state index is 11.2. The van der Waals surface area contributed by atoms with Gasteiger partial charge in [-0.1, -0.05) is 17.7 Å². The van der Waals surface area contributed by atoms with E-state index in [0.29, 0.717) is 16.8 Å². The third kappa shape index (κ3) is 3.03. The van der Waals surface area contributed by atoms with Crippen LogP contribution in [0.15, 0.2) is 24.3 Å². The smallest absolute Gasteiger partial charge is 0.207 e. The number of phenols is 1. The molecule has 9 heteroatoms. The Hall–Kier alpha value is -2.71. The number of carbonyl (C=O) groups is 1. The van der Waals surface area contributed by atoms with Gasteiger partial charge in [0.15, 0.2) is 0 Å². The molecule has 3 aromatic rings. The molecule has 150 valence electrons. The summed E-state index contributed by atoms with van der Waals surface area (Å²) in [5.41, 5.74) is 2.93. The van der Waals surface area contributed by atoms with Crippen LogP contribution >= 0.6 is 11.6 Å². The summed E-state index contributed by atoms with van der Waals surface area (Å²) in [5, 5.41) is 30.7. The lowest BCUT2D eigenvalue weighted by Crippen LogP contribution is -2.31. The third-order valence-electron chi connectivity index (χ3n) is 5.91. The molecular formula is C20H21ClN6O2. The van der Waals surface area contributed by atoms with E-state index in [4.69, 9.17) is 16.7 Å². The fraction of sp³-hybridized carbons (Fsp3) is 0.400. The van der Waals surface area contributed by atoms with E-state index in [-0.39, 0.29) is 16.8 Å². The summed E-state index contributed by atoms with van der Waals surface area (Å²) in [6.07, 6.45) is 4.33. The molecule has 29 heavy (non-hydrogen) atoms. The number of piperidine rings is 1. The van der Waals surface area contributed by atoms with Crippen LogP contribution in [0.3, 0.4) is 0 Å². The highest BCUT2D eigenvalue weighted by Crippen LogP contribution is 2.47. The summed E-state index contributed by atoms with van der Waals surface area (Å²) in [5.74, 6) is -0.0164. The zero-order valence-electron chi connectivity index (χ0n) is 15.7. The maximum Gasteiger partial charge on any atom is 0.207 e. The minimum Gasteiger partial charge on any atom is -0.506 e. The number of nitrogens with one attached hydrogen (secondary N) is 2. The Morgan fingerprint density at radius 2 is 2.07 bits per heavy atom. The third-order valence-corrected chi connectivity index (χ3v) is 6.21. The molecule has 1 saturated carbocycles. The summed E-state index contributed by atoms with van der Waals surface area (Å²) < 4.78 is 2.03. The second-order valence-electron chi connectivity index (χ2n) is 7.72. The molecule has 2 aromatic heterocycles. The first-order valence-corrected chi connectivity index (χ1v) is 10.2. The molecular weight excluding hydrogens is 392 g/mol. The lowest BCUT2D eigenvalue weighted by Gasteiger charge is -2.23. The number of phenolic OH excluding ortho intramolecular Hbond substituents is 1. The predicted molar refractivity (Wildman–Crippen MR) is 109 cm³/mol. The summed E-state index contributed by atoms with van der Waals surface area (Å²) >= 11 is 6.08. The number of hydrogen-bond acceptors (Lipinski definition) is 6. The van der Waals surface area contributed by atoms with Crippen LogP contribution in [0.4, 0.5) is 0 Å². The van der Waals surface area contributed by atoms with Gasteiger partial charge < -0.3 is 15.7 Å². The van der Waals surface area contributed by atoms with Crippen molar-refractivity contribution in [2.24, 2.45) is 0 Å². The van der Waals surface area contributed by atoms with Gasteiger partial charge >= 0.3 is 0 Å². The van der Waals surface area contributed by atoms with Gasteiger partial charge in [0.2, 0.25) is 6.41 Å². The van der Waals surface area contributed by atoms with Gasteiger partial charge in [0.25, 0.3) is 0 Å². The van der Waals surface area contributed by atoms with Gasteiger partial charge in [-0.2, -0.15) is 5.10 Å². The van der Waals surface area contributed by atoms with Gasteiger partial charge in [-0.25, -0.2) is 0 Å². The van der Waals surface area contributed by atoms with Crippen LogP contribution in [0.2, 0.25) is 5.02 Å². The van der Waals surface area contributed by atoms with Crippen molar-refractivity contribution in [2.75, 3.05) is 13.1 Å². The largest absolute Gasteiger partial charge is 0.506 e. The molecule has 3 heterocycles. The molecule has 2 fully saturated rings. The fourth-order valence-corrected chi connectivity index (χ4v) is 4.30. The van der Waals surface area contributed by atoms with E-state index in [1.165, 1.54) is 0 Å². The number of halogens is 1. The van der Waals surface area contributed by atoms with E-state index in [1.54, 1.807) is 18.2 Å². The van der Waals surface area contributed by atoms with Gasteiger partial charge in [0.1, 0.15) is 17.0 Å². The van der Waals surface area contributed by atoms with Gasteiger partial charge in [0, 0.05) is 5.56 Å². The van der Waals surface area contributed by atoms with E-state index in [9.17, 15) is 9.90 Å². The van der Waals surface area contributed by atoms with Crippen LogP contribution in [-0.2, 0) is 10.3 Å². The van der Waals surface area contributed by atoms with Crippen LogP contribution in [0, 0.1) is 0 Å². The summed E-state index contributed by atoms with van der Waals surface area (Å²) in [7, 11) is 0. The highest BCUT2D eigenvalue weighted by Gasteiger charge is 2.48. The molecule has 1 aliphatic carbocycles. The molecule has 0 atom stereocenters. The lowest BCUT2D eigenvalue weighted by molar-refractivity contribution is -0.110. The number of carbonyl (C=O) groups excluding carboxylic acids is 1. The number of amides is 1. The monoisotopic (exact) mass is 412 g/mol. The average Bonchev–Trinajstić information content (AvgIpc) is 3.42. The Kier molecular flexibility index (Phi) is 4.40. The van der Waals surface area contributed by atoms with Crippen molar-refractivity contribution in [1.82, 2.24) is 30.6 Å². The summed E-state index contributed by atoms with van der Waals surface area (Å²) in [6.45, 7) is 1.86. The number of rotatable bonds is 5. The Morgan fingerprint density at radius 1 is 1.28 bits per heavy atom. The van der Waals surface area contributed by atoms with Crippen molar-refractivity contribution in [3.05, 3.63) is 35.0 Å². The Balaban J connectivity index is 1.69. The van der Waals surface area contributed by atoms with Crippen LogP contribution < -0.4 is 10.6 Å². The lowest BCUT2D eigenvalue weighted by atomic mass is 10.1. The first-order valence-electron chi connectivity index (χ1n) is 9.79. The van der Waals surface area contributed by atoms with Gasteiger partial charge in [-0.3, -0.25) is 9.48 Å². The van der Waals surface area contributed by atoms with Crippen molar-refractivity contribution in [1.29, 1.82) is 0 Å². The van der Waals surface area contributed by atoms with E-state index in [2.05, 4.69) is 20.8 Å². The molecule has 1 amide bonds. The molecule has 2 aliphatic rings. The summed E-state index contributed by atoms with van der Waals surface area (Å²) in [4.78, 5) is 11.2. The molecule has 0 bridgehead atoms. The van der Waals surface area contributed by atoms with E-state index >= 15 is 0 Å². The average molecular weight is 413 g/mol. The Morgan fingerprint density at radius 3 is 2.79 bits per heavy atom. The van der Waals surface area contributed by atoms with Crippen molar-refractivity contribution >= 4 is 29.0 Å². The van der Waals surface area contributed by atoms with Gasteiger partial charge in [-0.05, 0) is 57.0 Å². The van der Waals surface area contributed by atoms with Crippen molar-refractivity contribution in [3.8, 4) is 17.0 Å². The first kappa shape index (κ1) is 18.3. The Labute approximate surface area is 172 Å². The van der Waals surface area contributed by atoms with E-state index in [1.807, 2.05) is 10.7 Å². The molecule has 8 nitrogen and oxygen atoms in total. The van der Waals surface area contributed by atoms with E-state index in [0.717, 1.165) is 56.4 Å². The maximum absolute atomic E-state index is 11.2. The predicted octanol–water partition coefficient (Wildman–Crippen LogP) is 2.51. The SMILES string of the molecule is O=CNC1(c2nn(C3CCNCC3)c3cc(-c4cccc(Cl)c4O)nnc23)CC1. The second-order valence-corrected chi connectivity index (χ2v) is 8.13. The normalized spacial score (nSPS) is 18.7. The number of aromatic hydroxyl groups is 1. The van der Waals surface area contributed by atoms with Crippen LogP contribution in [0.1, 0.15) is 37.4 Å². The van der Waals surface area contributed by atoms with Crippen molar-refractivity contribution in [3.63, 3.8) is 0 Å². The number of nitrogens with zero attached hydrogens (tertiary/aromatic N) is 4. The van der Waals surface area contributed by atoms with Crippen LogP contribution in [-0.4, -0.2) is 44.6 Å². The van der Waals surface area contributed by atoms with Crippen molar-refractivity contribution in [2.45, 2.75) is 37.3 Å². The molecule has 3 N–H and O–H groups in total. The standard InChI is InChI=1S/C20H21ClN6O2/c21-14-3-1-2-13(18(14)29)15-10-16-17(25-24-15)19(20(6-7-20)23-11-28)26-27(16)12-4-8-22-9-5-12/h1-3,10-12,22,29H,4-9H2,(H,23,28). The molecule has 1 saturated heterocycles. The number of hydrogen-bond donors (Lipinski definition) is 3.